The molecule has 0 amide bonds. The van der Waals surface area contributed by atoms with Gasteiger partial charge >= 0.3 is 5.97 Å². The molecular weight excluding hydrogens is 404 g/mol. The average Bonchev–Trinajstić information content (AvgIpc) is 3.11. The Hall–Kier alpha value is -0.790. The van der Waals surface area contributed by atoms with Gasteiger partial charge < -0.3 is 4.74 Å². The van der Waals surface area contributed by atoms with Crippen LogP contribution >= 0.6 is 0 Å². The Bertz CT molecular complexity index is 737. The maximum absolute atomic E-state index is 11.5. The van der Waals surface area contributed by atoms with Crippen LogP contribution in [0.15, 0.2) is 11.6 Å². The first-order valence-corrected chi connectivity index (χ1v) is 14.5. The van der Waals surface area contributed by atoms with Crippen molar-refractivity contribution in [2.45, 2.75) is 125 Å². The molecule has 0 bridgehead atoms. The Morgan fingerprint density at radius 3 is 2.48 bits per heavy atom. The lowest BCUT2D eigenvalue weighted by Gasteiger charge is -2.58. The molecule has 0 aromatic heterocycles. The Morgan fingerprint density at radius 2 is 1.82 bits per heavy atom. The van der Waals surface area contributed by atoms with Gasteiger partial charge in [-0.2, -0.15) is 0 Å². The number of hydrogen-bond acceptors (Lipinski definition) is 2. The average molecular weight is 457 g/mol. The molecule has 0 radical (unpaired) electrons. The molecule has 0 heterocycles. The molecule has 2 heteroatoms. The largest absolute Gasteiger partial charge is 0.462 e. The van der Waals surface area contributed by atoms with Crippen molar-refractivity contribution in [3.63, 3.8) is 0 Å². The smallest absolute Gasteiger partial charge is 0.302 e. The molecule has 2 nitrogen and oxygen atoms in total. The summed E-state index contributed by atoms with van der Waals surface area (Å²) in [6, 6.07) is 0. The number of ether oxygens (including phenoxy) is 1. The van der Waals surface area contributed by atoms with Crippen molar-refractivity contribution in [3.8, 4) is 0 Å². The van der Waals surface area contributed by atoms with Crippen LogP contribution in [0.4, 0.5) is 0 Å². The predicted molar refractivity (Wildman–Crippen MR) is 138 cm³/mol. The highest BCUT2D eigenvalue weighted by molar-refractivity contribution is 5.66. The maximum Gasteiger partial charge on any atom is 0.302 e. The fraction of sp³-hybridized carbons (Fsp3) is 0.903. The summed E-state index contributed by atoms with van der Waals surface area (Å²) in [5.74, 6) is 6.03. The third-order valence-electron chi connectivity index (χ3n) is 11.6. The van der Waals surface area contributed by atoms with E-state index in [0.29, 0.717) is 10.8 Å². The van der Waals surface area contributed by atoms with Crippen molar-refractivity contribution in [2.24, 2.45) is 52.3 Å². The Balaban J connectivity index is 1.46. The van der Waals surface area contributed by atoms with Gasteiger partial charge in [0.15, 0.2) is 0 Å². The number of rotatable bonds is 7. The summed E-state index contributed by atoms with van der Waals surface area (Å²) in [5.41, 5.74) is 2.51. The van der Waals surface area contributed by atoms with Crippen molar-refractivity contribution in [2.75, 3.05) is 0 Å². The van der Waals surface area contributed by atoms with Crippen LogP contribution in [-0.2, 0) is 9.53 Å². The summed E-state index contributed by atoms with van der Waals surface area (Å²) in [5, 5.41) is 0. The molecule has 3 fully saturated rings. The molecule has 9 atom stereocenters. The van der Waals surface area contributed by atoms with Crippen LogP contribution in [0.25, 0.3) is 0 Å². The summed E-state index contributed by atoms with van der Waals surface area (Å²) in [7, 11) is 0. The molecule has 0 aromatic carbocycles. The van der Waals surface area contributed by atoms with Crippen LogP contribution in [0.1, 0.15) is 119 Å². The first-order valence-electron chi connectivity index (χ1n) is 14.5. The highest BCUT2D eigenvalue weighted by atomic mass is 16.5. The zero-order chi connectivity index (χ0) is 24.0. The minimum Gasteiger partial charge on any atom is -0.462 e. The number of carbonyl (C=O) groups excluding carboxylic acids is 1. The van der Waals surface area contributed by atoms with Crippen LogP contribution in [-0.4, -0.2) is 12.1 Å². The number of carbonyl (C=O) groups is 1. The van der Waals surface area contributed by atoms with Crippen LogP contribution in [0.5, 0.6) is 0 Å². The lowest BCUT2D eigenvalue weighted by atomic mass is 9.47. The van der Waals surface area contributed by atoms with E-state index >= 15 is 0 Å². The lowest BCUT2D eigenvalue weighted by Crippen LogP contribution is -2.51. The van der Waals surface area contributed by atoms with Crippen LogP contribution in [0.2, 0.25) is 0 Å². The summed E-state index contributed by atoms with van der Waals surface area (Å²) in [6.07, 6.45) is 17.2. The third-order valence-corrected chi connectivity index (χ3v) is 11.6. The van der Waals surface area contributed by atoms with Gasteiger partial charge in [0.05, 0.1) is 0 Å². The second kappa shape index (κ2) is 9.69. The van der Waals surface area contributed by atoms with Crippen molar-refractivity contribution in [1.82, 2.24) is 0 Å². The lowest BCUT2D eigenvalue weighted by molar-refractivity contribution is -0.148. The molecule has 0 aliphatic heterocycles. The van der Waals surface area contributed by atoms with E-state index in [1.165, 1.54) is 57.8 Å². The van der Waals surface area contributed by atoms with Gasteiger partial charge in [-0.3, -0.25) is 4.79 Å². The van der Waals surface area contributed by atoms with E-state index < -0.39 is 0 Å². The molecule has 4 aliphatic carbocycles. The molecule has 0 spiro atoms. The molecule has 0 N–H and O–H groups in total. The summed E-state index contributed by atoms with van der Waals surface area (Å²) >= 11 is 0. The van der Waals surface area contributed by atoms with E-state index in [-0.39, 0.29) is 12.1 Å². The number of allylic oxidation sites excluding steroid dienone is 1. The second-order valence-electron chi connectivity index (χ2n) is 13.4. The SMILES string of the molecule is CC[C@H](CC[C@@H](C)[C@H]1CC[C@@H]2[C@H]3CC=C4C[C@@H](OC(C)=O)CC[C@]4(C)[C@@H]3CC[C@@]21C)C(C)C. The monoisotopic (exact) mass is 456 g/mol. The standard InChI is InChI=1S/C31H52O2/c1-8-23(20(2)3)10-9-21(4)27-13-14-28-26-12-11-24-19-25(33-22(5)32)15-17-30(24,6)29(26)16-18-31(27,28)7/h11,20-21,23,25-29H,8-10,12-19H2,1-7H3/t21-,23-,25+,26-,27-,28-,29-,30+,31-/m1/s1. The Kier molecular flexibility index (Phi) is 7.43. The van der Waals surface area contributed by atoms with Gasteiger partial charge in [0.25, 0.3) is 0 Å². The highest BCUT2D eigenvalue weighted by Gasteiger charge is 2.59. The predicted octanol–water partition coefficient (Wildman–Crippen LogP) is 8.60. The topological polar surface area (TPSA) is 26.3 Å². The van der Waals surface area contributed by atoms with Gasteiger partial charge in [-0.15, -0.1) is 0 Å². The maximum atomic E-state index is 11.5. The zero-order valence-corrected chi connectivity index (χ0v) is 22.8. The fourth-order valence-electron chi connectivity index (χ4n) is 9.63. The van der Waals surface area contributed by atoms with E-state index in [2.05, 4.69) is 47.6 Å². The van der Waals surface area contributed by atoms with Gasteiger partial charge in [-0.25, -0.2) is 0 Å². The Labute approximate surface area is 204 Å². The van der Waals surface area contributed by atoms with Crippen molar-refractivity contribution in [3.05, 3.63) is 11.6 Å². The van der Waals surface area contributed by atoms with Crippen molar-refractivity contribution >= 4 is 5.97 Å². The van der Waals surface area contributed by atoms with Gasteiger partial charge in [0.1, 0.15) is 6.10 Å². The number of esters is 1. The first kappa shape index (κ1) is 25.3. The van der Waals surface area contributed by atoms with E-state index in [4.69, 9.17) is 4.74 Å². The molecule has 0 unspecified atom stereocenters. The van der Waals surface area contributed by atoms with Crippen molar-refractivity contribution < 1.29 is 9.53 Å². The summed E-state index contributed by atoms with van der Waals surface area (Å²) in [4.78, 5) is 11.5. The second-order valence-corrected chi connectivity index (χ2v) is 13.4. The molecule has 0 aromatic rings. The van der Waals surface area contributed by atoms with Gasteiger partial charge in [0.2, 0.25) is 0 Å². The number of fused-ring (bicyclic) bond motifs is 5. The zero-order valence-electron chi connectivity index (χ0n) is 22.8. The van der Waals surface area contributed by atoms with Gasteiger partial charge in [-0.1, -0.05) is 66.0 Å². The third kappa shape index (κ3) is 4.58. The molecule has 3 saturated carbocycles. The normalized spacial score (nSPS) is 42.1. The minimum atomic E-state index is -0.115. The van der Waals surface area contributed by atoms with Crippen molar-refractivity contribution in [1.29, 1.82) is 0 Å². The van der Waals surface area contributed by atoms with Crippen LogP contribution < -0.4 is 0 Å². The number of hydrogen-bond donors (Lipinski definition) is 0. The Morgan fingerprint density at radius 1 is 1.06 bits per heavy atom. The summed E-state index contributed by atoms with van der Waals surface area (Å²) in [6.45, 7) is 16.6. The molecule has 188 valence electrons. The van der Waals surface area contributed by atoms with E-state index in [1.807, 2.05) is 0 Å². The fourth-order valence-corrected chi connectivity index (χ4v) is 9.63. The summed E-state index contributed by atoms with van der Waals surface area (Å²) < 4.78 is 5.63. The quantitative estimate of drug-likeness (QED) is 0.283. The molecule has 33 heavy (non-hydrogen) atoms. The van der Waals surface area contributed by atoms with Gasteiger partial charge in [-0.05, 0) is 104 Å². The van der Waals surface area contributed by atoms with E-state index in [1.54, 1.807) is 12.5 Å². The molecule has 4 rings (SSSR count). The van der Waals surface area contributed by atoms with Crippen LogP contribution in [0, 0.1) is 52.3 Å². The molecule has 4 aliphatic rings. The molecular formula is C31H52O2. The van der Waals surface area contributed by atoms with E-state index in [9.17, 15) is 4.79 Å². The van der Waals surface area contributed by atoms with Gasteiger partial charge in [0, 0.05) is 13.3 Å². The van der Waals surface area contributed by atoms with Crippen LogP contribution in [0.3, 0.4) is 0 Å². The highest BCUT2D eigenvalue weighted by Crippen LogP contribution is 2.67. The molecule has 0 saturated heterocycles. The first-order chi connectivity index (χ1) is 15.6. The van der Waals surface area contributed by atoms with E-state index in [0.717, 1.165) is 54.3 Å². The minimum absolute atomic E-state index is 0.113.